The number of benzene rings is 1. The Bertz CT molecular complexity index is 902. The predicted octanol–water partition coefficient (Wildman–Crippen LogP) is 2.80. The third kappa shape index (κ3) is 7.24. The van der Waals surface area contributed by atoms with Gasteiger partial charge in [0.2, 0.25) is 17.6 Å². The summed E-state index contributed by atoms with van der Waals surface area (Å²) in [6.45, 7) is 2.07. The molecule has 1 heterocycles. The molecule has 0 saturated carbocycles. The molecule has 2 N–H and O–H groups in total. The smallest absolute Gasteiger partial charge is 0.381 e. The van der Waals surface area contributed by atoms with E-state index in [9.17, 15) is 19.7 Å². The molecule has 0 spiro atoms. The van der Waals surface area contributed by atoms with Crippen LogP contribution < -0.4 is 15.6 Å². The van der Waals surface area contributed by atoms with E-state index in [1.54, 1.807) is 25.1 Å². The molecule has 2 rings (SSSR count). The Morgan fingerprint density at radius 2 is 1.93 bits per heavy atom. The molecule has 0 unspecified atom stereocenters. The number of carbonyl (C=O) groups excluding carboxylic acids is 2. The molecule has 0 aliphatic heterocycles. The molecule has 0 fully saturated rings. The Labute approximate surface area is 176 Å². The quantitative estimate of drug-likeness (QED) is 0.348. The number of hydrazine groups is 1. The van der Waals surface area contributed by atoms with E-state index >= 15 is 0 Å². The maximum atomic E-state index is 11.8. The second-order valence-corrected chi connectivity index (χ2v) is 6.81. The second kappa shape index (κ2) is 10.6. The van der Waals surface area contributed by atoms with Crippen molar-refractivity contribution in [1.82, 2.24) is 20.4 Å². The summed E-state index contributed by atoms with van der Waals surface area (Å²) in [4.78, 5) is 37.4. The average molecular weight is 444 g/mol. The molecular weight excluding hydrogens is 425 g/mol. The number of rotatable bonds is 9. The van der Waals surface area contributed by atoms with Crippen LogP contribution in [-0.4, -0.2) is 32.9 Å². The van der Waals surface area contributed by atoms with Crippen LogP contribution in [0.2, 0.25) is 10.0 Å². The van der Waals surface area contributed by atoms with Gasteiger partial charge in [-0.25, -0.2) is 0 Å². The number of carbonyl (C=O) groups is 2. The molecule has 10 nitrogen and oxygen atoms in total. The Balaban J connectivity index is 1.63. The van der Waals surface area contributed by atoms with Gasteiger partial charge in [-0.05, 0) is 34.5 Å². The minimum absolute atomic E-state index is 0.0206. The number of aromatic nitrogens is 2. The fourth-order valence-corrected chi connectivity index (χ4v) is 2.76. The van der Waals surface area contributed by atoms with Gasteiger partial charge < -0.3 is 19.4 Å². The van der Waals surface area contributed by atoms with E-state index < -0.39 is 10.8 Å². The highest BCUT2D eigenvalue weighted by Gasteiger charge is 2.15. The largest absolute Gasteiger partial charge is 0.492 e. The van der Waals surface area contributed by atoms with E-state index in [1.807, 2.05) is 0 Å². The van der Waals surface area contributed by atoms with Gasteiger partial charge in [0, 0.05) is 31.3 Å². The fourth-order valence-electron chi connectivity index (χ4n) is 2.30. The molecule has 29 heavy (non-hydrogen) atoms. The summed E-state index contributed by atoms with van der Waals surface area (Å²) in [7, 11) is 0. The lowest BCUT2D eigenvalue weighted by atomic mass is 10.3. The summed E-state index contributed by atoms with van der Waals surface area (Å²) in [5.41, 5.74) is 4.60. The van der Waals surface area contributed by atoms with Crippen molar-refractivity contribution in [2.45, 2.75) is 32.7 Å². The Hall–Kier alpha value is -2.85. The predicted molar refractivity (Wildman–Crippen MR) is 106 cm³/mol. The summed E-state index contributed by atoms with van der Waals surface area (Å²) in [6.07, 6.45) is 1.83. The van der Waals surface area contributed by atoms with Crippen LogP contribution in [0.15, 0.2) is 24.4 Å². The monoisotopic (exact) mass is 443 g/mol. The molecule has 0 atom stereocenters. The molecular formula is C17H19Cl2N5O5. The number of hydrogen-bond acceptors (Lipinski definition) is 6. The number of nitrogens with zero attached hydrogens (tertiary/aromatic N) is 3. The molecule has 0 saturated heterocycles. The number of halogens is 2. The molecule has 12 heteroatoms. The van der Waals surface area contributed by atoms with Gasteiger partial charge in [0.25, 0.3) is 0 Å². The van der Waals surface area contributed by atoms with Gasteiger partial charge >= 0.3 is 5.82 Å². The average Bonchev–Trinajstić information content (AvgIpc) is 3.04. The van der Waals surface area contributed by atoms with Crippen LogP contribution >= 0.6 is 23.2 Å². The summed E-state index contributed by atoms with van der Waals surface area (Å²) in [5, 5.41) is 11.6. The highest BCUT2D eigenvalue weighted by atomic mass is 35.5. The van der Waals surface area contributed by atoms with Crippen LogP contribution in [0.5, 0.6) is 5.75 Å². The van der Waals surface area contributed by atoms with Crippen molar-refractivity contribution < 1.29 is 19.2 Å². The van der Waals surface area contributed by atoms with Gasteiger partial charge in [0.15, 0.2) is 0 Å². The minimum atomic E-state index is -0.603. The van der Waals surface area contributed by atoms with Gasteiger partial charge in [-0.1, -0.05) is 23.2 Å². The first-order valence-corrected chi connectivity index (χ1v) is 9.35. The maximum Gasteiger partial charge on any atom is 0.381 e. The lowest BCUT2D eigenvalue weighted by Crippen LogP contribution is -2.41. The number of hydrogen-bond donors (Lipinski definition) is 2. The number of nitrogens with one attached hydrogen (secondary N) is 2. The Kier molecular flexibility index (Phi) is 8.22. The van der Waals surface area contributed by atoms with Crippen molar-refractivity contribution in [3.05, 3.63) is 50.4 Å². The zero-order chi connectivity index (χ0) is 21.4. The van der Waals surface area contributed by atoms with E-state index in [-0.39, 0.29) is 37.7 Å². The van der Waals surface area contributed by atoms with E-state index in [0.29, 0.717) is 28.0 Å². The molecule has 2 aromatic rings. The number of imidazole rings is 1. The van der Waals surface area contributed by atoms with Crippen LogP contribution in [0, 0.1) is 17.0 Å². The van der Waals surface area contributed by atoms with Gasteiger partial charge in [0.1, 0.15) is 11.9 Å². The maximum absolute atomic E-state index is 11.8. The minimum Gasteiger partial charge on any atom is -0.492 e. The topological polar surface area (TPSA) is 128 Å². The van der Waals surface area contributed by atoms with Crippen molar-refractivity contribution in [2.24, 2.45) is 0 Å². The normalized spacial score (nSPS) is 10.4. The van der Waals surface area contributed by atoms with Crippen LogP contribution in [0.3, 0.4) is 0 Å². The molecule has 0 aliphatic carbocycles. The van der Waals surface area contributed by atoms with Crippen LogP contribution in [0.4, 0.5) is 5.82 Å². The van der Waals surface area contributed by atoms with Crippen molar-refractivity contribution in [2.75, 3.05) is 6.61 Å². The summed E-state index contributed by atoms with van der Waals surface area (Å²) >= 11 is 11.8. The van der Waals surface area contributed by atoms with E-state index in [1.165, 1.54) is 10.8 Å². The second-order valence-electron chi connectivity index (χ2n) is 5.97. The van der Waals surface area contributed by atoms with Crippen molar-refractivity contribution >= 4 is 40.8 Å². The number of amides is 2. The summed E-state index contributed by atoms with van der Waals surface area (Å²) < 4.78 is 6.97. The molecule has 2 amide bonds. The molecule has 156 valence electrons. The van der Waals surface area contributed by atoms with Gasteiger partial charge in [-0.3, -0.25) is 20.4 Å². The highest BCUT2D eigenvalue weighted by molar-refractivity contribution is 6.35. The lowest BCUT2D eigenvalue weighted by Gasteiger charge is -2.09. The third-order valence-electron chi connectivity index (χ3n) is 3.77. The molecule has 0 bridgehead atoms. The molecule has 1 aromatic carbocycles. The van der Waals surface area contributed by atoms with Gasteiger partial charge in [-0.15, -0.1) is 0 Å². The summed E-state index contributed by atoms with van der Waals surface area (Å²) in [6, 6.07) is 4.85. The van der Waals surface area contributed by atoms with Gasteiger partial charge in [0.05, 0.1) is 11.6 Å². The van der Waals surface area contributed by atoms with Crippen LogP contribution in [-0.2, 0) is 16.1 Å². The SMILES string of the molecule is Cc1nc([N+](=O)[O-])cn1CCC(=O)NNC(=O)CCCOc1ccc(Cl)cc1Cl. The highest BCUT2D eigenvalue weighted by Crippen LogP contribution is 2.27. The van der Waals surface area contributed by atoms with Crippen LogP contribution in [0.1, 0.15) is 25.1 Å². The van der Waals surface area contributed by atoms with Crippen molar-refractivity contribution in [1.29, 1.82) is 0 Å². The molecule has 0 aliphatic rings. The van der Waals surface area contributed by atoms with Gasteiger partial charge in [-0.2, -0.15) is 0 Å². The zero-order valence-electron chi connectivity index (χ0n) is 15.5. The first kappa shape index (κ1) is 22.4. The fraction of sp³-hybridized carbons (Fsp3) is 0.353. The Morgan fingerprint density at radius 3 is 2.55 bits per heavy atom. The van der Waals surface area contributed by atoms with Crippen molar-refractivity contribution in [3.8, 4) is 5.75 Å². The van der Waals surface area contributed by atoms with E-state index in [2.05, 4.69) is 15.8 Å². The zero-order valence-corrected chi connectivity index (χ0v) is 17.0. The van der Waals surface area contributed by atoms with Crippen LogP contribution in [0.25, 0.3) is 0 Å². The standard InChI is InChI=1S/C17H19Cl2N5O5/c1-11-20-15(24(27)28)10-23(11)7-6-17(26)22-21-16(25)3-2-8-29-14-5-4-12(18)9-13(14)19/h4-5,9-10H,2-3,6-8H2,1H3,(H,21,25)(H,22,26). The van der Waals surface area contributed by atoms with Crippen molar-refractivity contribution in [3.63, 3.8) is 0 Å². The first-order chi connectivity index (χ1) is 13.8. The molecule has 1 aromatic heterocycles. The summed E-state index contributed by atoms with van der Waals surface area (Å²) in [5.74, 6) is -0.190. The van der Waals surface area contributed by atoms with E-state index in [4.69, 9.17) is 27.9 Å². The van der Waals surface area contributed by atoms with E-state index in [0.717, 1.165) is 0 Å². The number of aryl methyl sites for hydroxylation is 2. The third-order valence-corrected chi connectivity index (χ3v) is 4.30. The lowest BCUT2D eigenvalue weighted by molar-refractivity contribution is -0.389. The number of nitro groups is 1. The first-order valence-electron chi connectivity index (χ1n) is 8.60. The number of ether oxygens (including phenoxy) is 1. The Morgan fingerprint density at radius 1 is 1.24 bits per heavy atom. The molecule has 0 radical (unpaired) electrons.